The number of rotatable bonds is 7. The Morgan fingerprint density at radius 2 is 1.56 bits per heavy atom. The van der Waals surface area contributed by atoms with Crippen molar-refractivity contribution in [2.75, 3.05) is 0 Å². The van der Waals surface area contributed by atoms with Gasteiger partial charge in [0.1, 0.15) is 0 Å². The van der Waals surface area contributed by atoms with Gasteiger partial charge in [0.05, 0.1) is 10.0 Å². The molecule has 0 spiro atoms. The summed E-state index contributed by atoms with van der Waals surface area (Å²) in [5.74, 6) is 0. The first-order chi connectivity index (χ1) is 7.74. The predicted octanol–water partition coefficient (Wildman–Crippen LogP) is 5.90. The van der Waals surface area contributed by atoms with E-state index in [2.05, 4.69) is 13.0 Å². The molecule has 1 aromatic carbocycles. The third-order valence-electron chi connectivity index (χ3n) is 2.80. The molecule has 0 saturated heterocycles. The Labute approximate surface area is 109 Å². The van der Waals surface area contributed by atoms with Gasteiger partial charge in [0.25, 0.3) is 0 Å². The Bertz CT molecular complexity index is 308. The van der Waals surface area contributed by atoms with Crippen LogP contribution in [0.3, 0.4) is 0 Å². The van der Waals surface area contributed by atoms with Crippen molar-refractivity contribution in [1.82, 2.24) is 0 Å². The van der Waals surface area contributed by atoms with Crippen LogP contribution in [-0.2, 0) is 6.42 Å². The van der Waals surface area contributed by atoms with Gasteiger partial charge in [-0.3, -0.25) is 0 Å². The van der Waals surface area contributed by atoms with E-state index in [-0.39, 0.29) is 0 Å². The van der Waals surface area contributed by atoms with Crippen molar-refractivity contribution in [1.29, 1.82) is 0 Å². The van der Waals surface area contributed by atoms with Crippen LogP contribution >= 0.6 is 23.2 Å². The Morgan fingerprint density at radius 1 is 0.875 bits per heavy atom. The average molecular weight is 259 g/mol. The third kappa shape index (κ3) is 5.23. The molecule has 1 rings (SSSR count). The highest BCUT2D eigenvalue weighted by atomic mass is 35.5. The largest absolute Gasteiger partial charge is 0.0827 e. The maximum atomic E-state index is 5.96. The van der Waals surface area contributed by atoms with Gasteiger partial charge >= 0.3 is 0 Å². The third-order valence-corrected chi connectivity index (χ3v) is 3.54. The topological polar surface area (TPSA) is 0 Å². The number of halogens is 2. The molecule has 1 aromatic rings. The second kappa shape index (κ2) is 7.97. The molecule has 0 radical (unpaired) electrons. The second-order valence-corrected chi connectivity index (χ2v) is 5.08. The highest BCUT2D eigenvalue weighted by Crippen LogP contribution is 2.23. The van der Waals surface area contributed by atoms with Gasteiger partial charge in [-0.05, 0) is 30.5 Å². The zero-order valence-electron chi connectivity index (χ0n) is 9.94. The molecule has 16 heavy (non-hydrogen) atoms. The van der Waals surface area contributed by atoms with Crippen LogP contribution in [0.2, 0.25) is 10.0 Å². The van der Waals surface area contributed by atoms with E-state index in [1.807, 2.05) is 12.1 Å². The minimum Gasteiger partial charge on any atom is -0.0827 e. The normalized spacial score (nSPS) is 10.7. The molecule has 0 atom stereocenters. The van der Waals surface area contributed by atoms with E-state index in [0.29, 0.717) is 10.0 Å². The molecule has 0 fully saturated rings. The van der Waals surface area contributed by atoms with Gasteiger partial charge in [0.2, 0.25) is 0 Å². The summed E-state index contributed by atoms with van der Waals surface area (Å²) in [5, 5.41) is 1.32. The molecule has 0 aromatic heterocycles. The van der Waals surface area contributed by atoms with Crippen molar-refractivity contribution in [2.24, 2.45) is 0 Å². The molecule has 0 N–H and O–H groups in total. The monoisotopic (exact) mass is 258 g/mol. The smallest absolute Gasteiger partial charge is 0.0595 e. The lowest BCUT2D eigenvalue weighted by molar-refractivity contribution is 0.607. The van der Waals surface area contributed by atoms with Crippen LogP contribution in [0.1, 0.15) is 51.0 Å². The van der Waals surface area contributed by atoms with Crippen LogP contribution in [0.15, 0.2) is 18.2 Å². The molecule has 0 amide bonds. The summed E-state index contributed by atoms with van der Waals surface area (Å²) in [6.07, 6.45) is 9.09. The lowest BCUT2D eigenvalue weighted by Crippen LogP contribution is -1.86. The van der Waals surface area contributed by atoms with Gasteiger partial charge in [-0.15, -0.1) is 0 Å². The fourth-order valence-corrected chi connectivity index (χ4v) is 2.13. The van der Waals surface area contributed by atoms with Crippen LogP contribution in [0.4, 0.5) is 0 Å². The summed E-state index contributed by atoms with van der Waals surface area (Å²) in [5.41, 5.74) is 1.30. The standard InChI is InChI=1S/C14H20Cl2/c1-2-3-4-5-6-7-8-12-9-10-13(15)14(16)11-12/h9-11H,2-8H2,1H3. The molecule has 0 bridgehead atoms. The first-order valence-corrected chi connectivity index (χ1v) is 6.93. The molecule has 0 heterocycles. The Morgan fingerprint density at radius 3 is 2.25 bits per heavy atom. The second-order valence-electron chi connectivity index (χ2n) is 4.27. The first kappa shape index (κ1) is 13.9. The van der Waals surface area contributed by atoms with Crippen LogP contribution < -0.4 is 0 Å². The minimum absolute atomic E-state index is 0.647. The number of hydrogen-bond acceptors (Lipinski definition) is 0. The Balaban J connectivity index is 2.19. The fourth-order valence-electron chi connectivity index (χ4n) is 1.80. The summed E-state index contributed by atoms with van der Waals surface area (Å²) >= 11 is 11.8. The van der Waals surface area contributed by atoms with E-state index in [0.717, 1.165) is 6.42 Å². The zero-order chi connectivity index (χ0) is 11.8. The van der Waals surface area contributed by atoms with Gasteiger partial charge in [-0.2, -0.15) is 0 Å². The molecule has 0 aliphatic rings. The maximum Gasteiger partial charge on any atom is 0.0595 e. The van der Waals surface area contributed by atoms with E-state index in [1.54, 1.807) is 0 Å². The molecule has 0 aliphatic carbocycles. The van der Waals surface area contributed by atoms with Crippen molar-refractivity contribution < 1.29 is 0 Å². The Kier molecular flexibility index (Phi) is 6.91. The van der Waals surface area contributed by atoms with Crippen molar-refractivity contribution in [3.63, 3.8) is 0 Å². The SMILES string of the molecule is CCCCCCCCc1ccc(Cl)c(Cl)c1. The number of benzene rings is 1. The zero-order valence-corrected chi connectivity index (χ0v) is 11.4. The molecular weight excluding hydrogens is 239 g/mol. The highest BCUT2D eigenvalue weighted by molar-refractivity contribution is 6.42. The first-order valence-electron chi connectivity index (χ1n) is 6.18. The van der Waals surface area contributed by atoms with Crippen LogP contribution in [0.25, 0.3) is 0 Å². The van der Waals surface area contributed by atoms with Crippen LogP contribution in [0.5, 0.6) is 0 Å². The summed E-state index contributed by atoms with van der Waals surface area (Å²) in [6.45, 7) is 2.25. The van der Waals surface area contributed by atoms with Crippen LogP contribution in [0, 0.1) is 0 Å². The van der Waals surface area contributed by atoms with Gasteiger partial charge in [0, 0.05) is 0 Å². The lowest BCUT2D eigenvalue weighted by atomic mass is 10.1. The van der Waals surface area contributed by atoms with E-state index in [4.69, 9.17) is 23.2 Å². The van der Waals surface area contributed by atoms with Crippen molar-refractivity contribution >= 4 is 23.2 Å². The van der Waals surface area contributed by atoms with Crippen molar-refractivity contribution in [3.05, 3.63) is 33.8 Å². The molecule has 0 saturated carbocycles. The summed E-state index contributed by atoms with van der Waals surface area (Å²) in [6, 6.07) is 5.94. The number of hydrogen-bond donors (Lipinski definition) is 0. The van der Waals surface area contributed by atoms with Gasteiger partial charge in [-0.1, -0.05) is 68.3 Å². The quantitative estimate of drug-likeness (QED) is 0.535. The van der Waals surface area contributed by atoms with Crippen molar-refractivity contribution in [3.8, 4) is 0 Å². The predicted molar refractivity (Wildman–Crippen MR) is 73.5 cm³/mol. The number of unbranched alkanes of at least 4 members (excludes halogenated alkanes) is 5. The average Bonchev–Trinajstić information content (AvgIpc) is 2.28. The molecule has 90 valence electrons. The molecule has 0 unspecified atom stereocenters. The van der Waals surface area contributed by atoms with Crippen LogP contribution in [-0.4, -0.2) is 0 Å². The summed E-state index contributed by atoms with van der Waals surface area (Å²) in [4.78, 5) is 0. The van der Waals surface area contributed by atoms with Gasteiger partial charge in [-0.25, -0.2) is 0 Å². The minimum atomic E-state index is 0.647. The van der Waals surface area contributed by atoms with E-state index >= 15 is 0 Å². The fraction of sp³-hybridized carbons (Fsp3) is 0.571. The Hall–Kier alpha value is -0.200. The molecule has 0 aliphatic heterocycles. The molecule has 0 nitrogen and oxygen atoms in total. The van der Waals surface area contributed by atoms with E-state index in [1.165, 1.54) is 44.1 Å². The summed E-state index contributed by atoms with van der Waals surface area (Å²) < 4.78 is 0. The van der Waals surface area contributed by atoms with Gasteiger partial charge in [0.15, 0.2) is 0 Å². The van der Waals surface area contributed by atoms with E-state index < -0.39 is 0 Å². The lowest BCUT2D eigenvalue weighted by Gasteiger charge is -2.03. The summed E-state index contributed by atoms with van der Waals surface area (Å²) in [7, 11) is 0. The van der Waals surface area contributed by atoms with Crippen molar-refractivity contribution in [2.45, 2.75) is 51.9 Å². The highest BCUT2D eigenvalue weighted by Gasteiger charge is 1.99. The number of aryl methyl sites for hydroxylation is 1. The molecule has 2 heteroatoms. The molecular formula is C14H20Cl2. The van der Waals surface area contributed by atoms with E-state index in [9.17, 15) is 0 Å². The van der Waals surface area contributed by atoms with Gasteiger partial charge < -0.3 is 0 Å². The maximum absolute atomic E-state index is 5.96.